The quantitative estimate of drug-likeness (QED) is 0.631. The number of hydrogen-bond acceptors (Lipinski definition) is 2. The molecule has 13 heavy (non-hydrogen) atoms. The lowest BCUT2D eigenvalue weighted by molar-refractivity contribution is 0.578. The minimum atomic E-state index is -0.647. The van der Waals surface area contributed by atoms with Crippen molar-refractivity contribution in [3.8, 4) is 0 Å². The van der Waals surface area contributed by atoms with Crippen LogP contribution in [0.4, 0.5) is 8.78 Å². The minimum absolute atomic E-state index is 0.155. The molecule has 0 fully saturated rings. The Balaban J connectivity index is 3.13. The van der Waals surface area contributed by atoms with Crippen LogP contribution in [0.3, 0.4) is 0 Å². The van der Waals surface area contributed by atoms with E-state index in [2.05, 4.69) is 26.5 Å². The molecule has 0 aromatic heterocycles. The van der Waals surface area contributed by atoms with Crippen LogP contribution in [0.15, 0.2) is 21.7 Å². The highest BCUT2D eigenvalue weighted by molar-refractivity contribution is 9.10. The SMILES string of the molecule is CN/N=C/c1c(F)cc(Br)cc1F. The number of benzene rings is 1. The molecule has 1 N–H and O–H groups in total. The van der Waals surface area contributed by atoms with Crippen molar-refractivity contribution < 1.29 is 8.78 Å². The Morgan fingerprint density at radius 1 is 1.38 bits per heavy atom. The standard InChI is InChI=1S/C8H7BrF2N2/c1-12-13-4-6-7(10)2-5(9)3-8(6)11/h2-4,12H,1H3/b13-4+. The zero-order valence-electron chi connectivity index (χ0n) is 6.81. The normalized spacial score (nSPS) is 10.8. The largest absolute Gasteiger partial charge is 0.313 e. The molecule has 1 aromatic carbocycles. The maximum atomic E-state index is 13.0. The molecule has 0 saturated heterocycles. The summed E-state index contributed by atoms with van der Waals surface area (Å²) in [6, 6.07) is 2.36. The van der Waals surface area contributed by atoms with Crippen LogP contribution in [-0.2, 0) is 0 Å². The highest BCUT2D eigenvalue weighted by Gasteiger charge is 2.07. The van der Waals surface area contributed by atoms with E-state index in [1.807, 2.05) is 0 Å². The zero-order valence-corrected chi connectivity index (χ0v) is 8.40. The number of nitrogens with zero attached hydrogens (tertiary/aromatic N) is 1. The summed E-state index contributed by atoms with van der Waals surface area (Å²) in [5.74, 6) is -1.29. The van der Waals surface area contributed by atoms with Crippen LogP contribution in [-0.4, -0.2) is 13.3 Å². The number of hydrazone groups is 1. The van der Waals surface area contributed by atoms with Gasteiger partial charge in [-0.3, -0.25) is 0 Å². The molecule has 0 aliphatic rings. The monoisotopic (exact) mass is 248 g/mol. The second-order valence-corrected chi connectivity index (χ2v) is 3.18. The van der Waals surface area contributed by atoms with Crippen molar-refractivity contribution in [1.82, 2.24) is 5.43 Å². The Labute approximate surface area is 82.8 Å². The Morgan fingerprint density at radius 2 is 1.92 bits per heavy atom. The van der Waals surface area contributed by atoms with Gasteiger partial charge in [0, 0.05) is 11.5 Å². The molecule has 1 aromatic rings. The zero-order chi connectivity index (χ0) is 9.84. The van der Waals surface area contributed by atoms with E-state index in [9.17, 15) is 8.78 Å². The molecule has 0 saturated carbocycles. The number of halogens is 3. The summed E-state index contributed by atoms with van der Waals surface area (Å²) in [5, 5.41) is 3.52. The summed E-state index contributed by atoms with van der Waals surface area (Å²) in [6.45, 7) is 0. The van der Waals surface area contributed by atoms with Gasteiger partial charge in [0.15, 0.2) is 0 Å². The average molecular weight is 249 g/mol. The van der Waals surface area contributed by atoms with Crippen molar-refractivity contribution in [1.29, 1.82) is 0 Å². The van der Waals surface area contributed by atoms with Gasteiger partial charge in [-0.15, -0.1) is 0 Å². The molecule has 70 valence electrons. The summed E-state index contributed by atoms with van der Waals surface area (Å²) < 4.78 is 26.5. The summed E-state index contributed by atoms with van der Waals surface area (Å²) in [5.41, 5.74) is 2.25. The highest BCUT2D eigenvalue weighted by Crippen LogP contribution is 2.17. The Morgan fingerprint density at radius 3 is 2.38 bits per heavy atom. The van der Waals surface area contributed by atoms with Crippen LogP contribution in [0, 0.1) is 11.6 Å². The topological polar surface area (TPSA) is 24.4 Å². The van der Waals surface area contributed by atoms with E-state index in [0.717, 1.165) is 6.21 Å². The fourth-order valence-corrected chi connectivity index (χ4v) is 1.21. The summed E-state index contributed by atoms with van der Waals surface area (Å²) >= 11 is 2.98. The van der Waals surface area contributed by atoms with Gasteiger partial charge in [-0.05, 0) is 12.1 Å². The maximum Gasteiger partial charge on any atom is 0.136 e. The number of rotatable bonds is 2. The smallest absolute Gasteiger partial charge is 0.136 e. The van der Waals surface area contributed by atoms with Gasteiger partial charge in [0.05, 0.1) is 11.8 Å². The molecule has 0 aliphatic heterocycles. The highest BCUT2D eigenvalue weighted by atomic mass is 79.9. The van der Waals surface area contributed by atoms with Crippen LogP contribution in [0.2, 0.25) is 0 Å². The third kappa shape index (κ3) is 2.48. The first-order valence-electron chi connectivity index (χ1n) is 3.49. The van der Waals surface area contributed by atoms with E-state index in [1.165, 1.54) is 12.1 Å². The molecule has 0 unspecified atom stereocenters. The van der Waals surface area contributed by atoms with E-state index < -0.39 is 11.6 Å². The van der Waals surface area contributed by atoms with Gasteiger partial charge < -0.3 is 5.43 Å². The van der Waals surface area contributed by atoms with Crippen molar-refractivity contribution >= 4 is 22.1 Å². The Hall–Kier alpha value is -0.970. The maximum absolute atomic E-state index is 13.0. The van der Waals surface area contributed by atoms with E-state index >= 15 is 0 Å². The molecule has 0 aliphatic carbocycles. The number of nitrogens with one attached hydrogen (secondary N) is 1. The molecule has 0 spiro atoms. The van der Waals surface area contributed by atoms with Gasteiger partial charge >= 0.3 is 0 Å². The molecule has 0 amide bonds. The third-order valence-corrected chi connectivity index (χ3v) is 1.82. The summed E-state index contributed by atoms with van der Waals surface area (Å²) in [4.78, 5) is 0. The van der Waals surface area contributed by atoms with Gasteiger partial charge in [0.1, 0.15) is 11.6 Å². The molecule has 0 heterocycles. The fourth-order valence-electron chi connectivity index (χ4n) is 0.806. The summed E-state index contributed by atoms with van der Waals surface area (Å²) in [7, 11) is 1.55. The van der Waals surface area contributed by atoms with Crippen LogP contribution in [0.1, 0.15) is 5.56 Å². The minimum Gasteiger partial charge on any atom is -0.313 e. The van der Waals surface area contributed by atoms with Crippen molar-refractivity contribution in [3.05, 3.63) is 33.8 Å². The second-order valence-electron chi connectivity index (χ2n) is 2.26. The van der Waals surface area contributed by atoms with Crippen LogP contribution >= 0.6 is 15.9 Å². The van der Waals surface area contributed by atoms with Crippen LogP contribution in [0.5, 0.6) is 0 Å². The van der Waals surface area contributed by atoms with Gasteiger partial charge in [-0.1, -0.05) is 15.9 Å². The Bertz CT molecular complexity index is 316. The van der Waals surface area contributed by atoms with Crippen molar-refractivity contribution in [2.75, 3.05) is 7.05 Å². The molecule has 0 bridgehead atoms. The Kier molecular flexibility index (Phi) is 3.36. The van der Waals surface area contributed by atoms with Crippen molar-refractivity contribution in [2.24, 2.45) is 5.10 Å². The number of hydrogen-bond donors (Lipinski definition) is 1. The molecule has 0 radical (unpaired) electrons. The van der Waals surface area contributed by atoms with E-state index in [4.69, 9.17) is 0 Å². The van der Waals surface area contributed by atoms with Crippen LogP contribution in [0.25, 0.3) is 0 Å². The lowest BCUT2D eigenvalue weighted by atomic mass is 10.2. The molecule has 0 atom stereocenters. The van der Waals surface area contributed by atoms with Crippen molar-refractivity contribution in [3.63, 3.8) is 0 Å². The summed E-state index contributed by atoms with van der Waals surface area (Å²) in [6.07, 6.45) is 1.09. The first kappa shape index (κ1) is 10.1. The van der Waals surface area contributed by atoms with Gasteiger partial charge in [-0.2, -0.15) is 5.10 Å². The van der Waals surface area contributed by atoms with Gasteiger partial charge in [0.25, 0.3) is 0 Å². The molecular formula is C8H7BrF2N2. The molecule has 2 nitrogen and oxygen atoms in total. The fraction of sp³-hybridized carbons (Fsp3) is 0.125. The lowest BCUT2D eigenvalue weighted by Crippen LogP contribution is -1.99. The van der Waals surface area contributed by atoms with Crippen LogP contribution < -0.4 is 5.43 Å². The predicted octanol–water partition coefficient (Wildman–Crippen LogP) is 2.28. The first-order valence-corrected chi connectivity index (χ1v) is 4.29. The second kappa shape index (κ2) is 4.32. The lowest BCUT2D eigenvalue weighted by Gasteiger charge is -1.99. The molecule has 1 rings (SSSR count). The van der Waals surface area contributed by atoms with Gasteiger partial charge in [0.2, 0.25) is 0 Å². The van der Waals surface area contributed by atoms with E-state index in [1.54, 1.807) is 7.05 Å². The third-order valence-electron chi connectivity index (χ3n) is 1.37. The average Bonchev–Trinajstić information content (AvgIpc) is 2.02. The van der Waals surface area contributed by atoms with Gasteiger partial charge in [-0.25, -0.2) is 8.78 Å². The first-order chi connectivity index (χ1) is 6.15. The van der Waals surface area contributed by atoms with E-state index in [0.29, 0.717) is 4.47 Å². The van der Waals surface area contributed by atoms with E-state index in [-0.39, 0.29) is 5.56 Å². The molecule has 5 heteroatoms. The molecular weight excluding hydrogens is 242 g/mol. The predicted molar refractivity (Wildman–Crippen MR) is 50.7 cm³/mol. The van der Waals surface area contributed by atoms with Crippen molar-refractivity contribution in [2.45, 2.75) is 0 Å².